The number of nitrogens with zero attached hydrogens (tertiary/aromatic N) is 2. The van der Waals surface area contributed by atoms with E-state index in [-0.39, 0.29) is 5.91 Å². The van der Waals surface area contributed by atoms with Crippen molar-refractivity contribution in [1.29, 1.82) is 0 Å². The summed E-state index contributed by atoms with van der Waals surface area (Å²) >= 11 is 0. The zero-order chi connectivity index (χ0) is 12.3. The molecule has 0 bridgehead atoms. The summed E-state index contributed by atoms with van der Waals surface area (Å²) in [5, 5.41) is 10.0. The number of likely N-dealkylation sites (tertiary alicyclic amines) is 1. The Morgan fingerprint density at radius 3 is 2.44 bits per heavy atom. The maximum Gasteiger partial charge on any atom is 0.222 e. The van der Waals surface area contributed by atoms with Gasteiger partial charge in [-0.2, -0.15) is 0 Å². The van der Waals surface area contributed by atoms with Crippen LogP contribution < -0.4 is 0 Å². The first kappa shape index (κ1) is 13.5. The molecule has 16 heavy (non-hydrogen) atoms. The summed E-state index contributed by atoms with van der Waals surface area (Å²) in [5.41, 5.74) is -0.494. The van der Waals surface area contributed by atoms with Gasteiger partial charge in [-0.3, -0.25) is 9.69 Å². The lowest BCUT2D eigenvalue weighted by atomic mass is 9.83. The minimum atomic E-state index is -0.494. The van der Waals surface area contributed by atoms with Crippen molar-refractivity contribution in [3.05, 3.63) is 0 Å². The van der Waals surface area contributed by atoms with E-state index in [4.69, 9.17) is 0 Å². The lowest BCUT2D eigenvalue weighted by Crippen LogP contribution is -2.64. The van der Waals surface area contributed by atoms with Crippen molar-refractivity contribution in [1.82, 2.24) is 9.80 Å². The quantitative estimate of drug-likeness (QED) is 0.747. The third-order valence-electron chi connectivity index (χ3n) is 3.43. The van der Waals surface area contributed by atoms with E-state index in [1.165, 1.54) is 0 Å². The average Bonchev–Trinajstić information content (AvgIpc) is 2.13. The summed E-state index contributed by atoms with van der Waals surface area (Å²) in [7, 11) is 3.56. The first-order chi connectivity index (χ1) is 7.35. The van der Waals surface area contributed by atoms with Gasteiger partial charge in [0.05, 0.1) is 5.60 Å². The van der Waals surface area contributed by atoms with Gasteiger partial charge in [0.25, 0.3) is 0 Å². The fourth-order valence-electron chi connectivity index (χ4n) is 1.93. The van der Waals surface area contributed by atoms with Crippen molar-refractivity contribution in [3.63, 3.8) is 0 Å². The number of amides is 1. The number of hydrogen-bond acceptors (Lipinski definition) is 3. The first-order valence-corrected chi connectivity index (χ1v) is 6.00. The molecule has 0 aromatic heterocycles. The highest BCUT2D eigenvalue weighted by Gasteiger charge is 2.42. The zero-order valence-corrected chi connectivity index (χ0v) is 10.9. The Morgan fingerprint density at radius 2 is 2.00 bits per heavy atom. The van der Waals surface area contributed by atoms with Crippen LogP contribution >= 0.6 is 0 Å². The fourth-order valence-corrected chi connectivity index (χ4v) is 1.93. The van der Waals surface area contributed by atoms with E-state index < -0.39 is 5.60 Å². The van der Waals surface area contributed by atoms with Crippen molar-refractivity contribution in [2.45, 2.75) is 32.3 Å². The standard InChI is InChI=1S/C12H24N2O2/c1-10(2)12(16)8-14(9-12)7-5-6-11(15)13(3)4/h10,16H,5-9H2,1-4H3. The molecule has 0 aromatic carbocycles. The fraction of sp³-hybridized carbons (Fsp3) is 0.917. The number of carbonyl (C=O) groups excluding carboxylic acids is 1. The monoisotopic (exact) mass is 228 g/mol. The Labute approximate surface area is 98.2 Å². The van der Waals surface area contributed by atoms with Gasteiger partial charge < -0.3 is 10.0 Å². The summed E-state index contributed by atoms with van der Waals surface area (Å²) in [6, 6.07) is 0. The molecule has 1 fully saturated rings. The normalized spacial score (nSPS) is 19.6. The van der Waals surface area contributed by atoms with Crippen molar-refractivity contribution >= 4 is 5.91 Å². The van der Waals surface area contributed by atoms with Gasteiger partial charge in [-0.05, 0) is 18.9 Å². The molecule has 1 heterocycles. The van der Waals surface area contributed by atoms with E-state index in [0.29, 0.717) is 12.3 Å². The summed E-state index contributed by atoms with van der Waals surface area (Å²) in [4.78, 5) is 15.2. The maximum atomic E-state index is 11.3. The molecule has 0 saturated carbocycles. The summed E-state index contributed by atoms with van der Waals surface area (Å²) in [6.07, 6.45) is 1.48. The Kier molecular flexibility index (Phi) is 4.33. The van der Waals surface area contributed by atoms with Crippen LogP contribution in [0.25, 0.3) is 0 Å². The summed E-state index contributed by atoms with van der Waals surface area (Å²) in [5.74, 6) is 0.492. The second-order valence-electron chi connectivity index (χ2n) is 5.36. The number of β-amino-alcohol motifs (C(OH)–C–C–N with tert-alkyl or cyclic N) is 1. The molecule has 1 N–H and O–H groups in total. The Morgan fingerprint density at radius 1 is 1.44 bits per heavy atom. The summed E-state index contributed by atoms with van der Waals surface area (Å²) in [6.45, 7) is 6.51. The van der Waals surface area contributed by atoms with Crippen LogP contribution in [0.2, 0.25) is 0 Å². The van der Waals surface area contributed by atoms with Crippen LogP contribution in [-0.2, 0) is 4.79 Å². The molecule has 1 aliphatic heterocycles. The molecule has 1 amide bonds. The van der Waals surface area contributed by atoms with Crippen LogP contribution in [0.3, 0.4) is 0 Å². The first-order valence-electron chi connectivity index (χ1n) is 6.00. The third kappa shape index (κ3) is 3.19. The van der Waals surface area contributed by atoms with Crippen LogP contribution in [0, 0.1) is 5.92 Å². The Balaban J connectivity index is 2.12. The average molecular weight is 228 g/mol. The van der Waals surface area contributed by atoms with E-state index in [1.807, 2.05) is 13.8 Å². The number of hydrogen-bond donors (Lipinski definition) is 1. The van der Waals surface area contributed by atoms with E-state index in [0.717, 1.165) is 26.1 Å². The topological polar surface area (TPSA) is 43.8 Å². The van der Waals surface area contributed by atoms with Gasteiger partial charge in [0.15, 0.2) is 0 Å². The van der Waals surface area contributed by atoms with E-state index in [2.05, 4.69) is 4.90 Å². The molecule has 0 unspecified atom stereocenters. The molecule has 1 saturated heterocycles. The zero-order valence-electron chi connectivity index (χ0n) is 10.9. The van der Waals surface area contributed by atoms with Gasteiger partial charge >= 0.3 is 0 Å². The minimum absolute atomic E-state index is 0.180. The highest BCUT2D eigenvalue weighted by molar-refractivity contribution is 5.75. The maximum absolute atomic E-state index is 11.3. The van der Waals surface area contributed by atoms with Gasteiger partial charge in [-0.25, -0.2) is 0 Å². The van der Waals surface area contributed by atoms with Crippen molar-refractivity contribution in [2.75, 3.05) is 33.7 Å². The molecule has 0 aliphatic carbocycles. The van der Waals surface area contributed by atoms with Crippen LogP contribution in [-0.4, -0.2) is 60.1 Å². The Bertz CT molecular complexity index is 245. The molecule has 1 rings (SSSR count). The van der Waals surface area contributed by atoms with Crippen LogP contribution in [0.5, 0.6) is 0 Å². The molecule has 4 heteroatoms. The third-order valence-corrected chi connectivity index (χ3v) is 3.43. The van der Waals surface area contributed by atoms with Gasteiger partial charge in [-0.15, -0.1) is 0 Å². The predicted octanol–water partition coefficient (Wildman–Crippen LogP) is 0.557. The lowest BCUT2D eigenvalue weighted by Gasteiger charge is -2.49. The molecule has 0 aromatic rings. The van der Waals surface area contributed by atoms with E-state index >= 15 is 0 Å². The number of carbonyl (C=O) groups is 1. The van der Waals surface area contributed by atoms with Gasteiger partial charge in [0, 0.05) is 33.6 Å². The summed E-state index contributed by atoms with van der Waals surface area (Å²) < 4.78 is 0. The second-order valence-corrected chi connectivity index (χ2v) is 5.36. The molecule has 0 spiro atoms. The van der Waals surface area contributed by atoms with Crippen molar-refractivity contribution in [2.24, 2.45) is 5.92 Å². The highest BCUT2D eigenvalue weighted by Crippen LogP contribution is 2.28. The van der Waals surface area contributed by atoms with Gasteiger partial charge in [-0.1, -0.05) is 13.8 Å². The van der Waals surface area contributed by atoms with Crippen LogP contribution in [0.1, 0.15) is 26.7 Å². The minimum Gasteiger partial charge on any atom is -0.387 e. The highest BCUT2D eigenvalue weighted by atomic mass is 16.3. The molecular weight excluding hydrogens is 204 g/mol. The molecule has 0 atom stereocenters. The smallest absolute Gasteiger partial charge is 0.222 e. The predicted molar refractivity (Wildman–Crippen MR) is 64.2 cm³/mol. The molecular formula is C12H24N2O2. The van der Waals surface area contributed by atoms with Crippen LogP contribution in [0.4, 0.5) is 0 Å². The van der Waals surface area contributed by atoms with E-state index in [9.17, 15) is 9.90 Å². The van der Waals surface area contributed by atoms with Crippen LogP contribution in [0.15, 0.2) is 0 Å². The Hall–Kier alpha value is -0.610. The second kappa shape index (κ2) is 5.15. The van der Waals surface area contributed by atoms with Crippen molar-refractivity contribution in [3.8, 4) is 0 Å². The molecule has 1 aliphatic rings. The van der Waals surface area contributed by atoms with Gasteiger partial charge in [0.2, 0.25) is 5.91 Å². The molecule has 0 radical (unpaired) electrons. The molecule has 4 nitrogen and oxygen atoms in total. The SMILES string of the molecule is CC(C)C1(O)CN(CCCC(=O)N(C)C)C1. The lowest BCUT2D eigenvalue weighted by molar-refractivity contribution is -0.132. The molecule has 94 valence electrons. The van der Waals surface area contributed by atoms with E-state index in [1.54, 1.807) is 19.0 Å². The van der Waals surface area contributed by atoms with Crippen molar-refractivity contribution < 1.29 is 9.90 Å². The van der Waals surface area contributed by atoms with Gasteiger partial charge in [0.1, 0.15) is 0 Å². The number of rotatable bonds is 5. The largest absolute Gasteiger partial charge is 0.387 e. The number of aliphatic hydroxyl groups is 1.